The predicted octanol–water partition coefficient (Wildman–Crippen LogP) is 2.10. The summed E-state index contributed by atoms with van der Waals surface area (Å²) in [5.74, 6) is 8.87. The second-order valence-corrected chi connectivity index (χ2v) is 4.97. The van der Waals surface area contributed by atoms with Gasteiger partial charge in [-0.1, -0.05) is 20.3 Å². The van der Waals surface area contributed by atoms with Crippen LogP contribution in [0.2, 0.25) is 0 Å². The van der Waals surface area contributed by atoms with Gasteiger partial charge in [0.1, 0.15) is 17.5 Å². The molecule has 1 aliphatic carbocycles. The van der Waals surface area contributed by atoms with E-state index in [9.17, 15) is 0 Å². The summed E-state index contributed by atoms with van der Waals surface area (Å²) >= 11 is 0. The highest BCUT2D eigenvalue weighted by molar-refractivity contribution is 5.47. The Bertz CT molecular complexity index is 373. The molecular weight excluding hydrogens is 214 g/mol. The van der Waals surface area contributed by atoms with Crippen molar-refractivity contribution >= 4 is 11.6 Å². The first-order valence-electron chi connectivity index (χ1n) is 6.28. The molecule has 0 radical (unpaired) electrons. The molecule has 5 heteroatoms. The van der Waals surface area contributed by atoms with Crippen LogP contribution >= 0.6 is 0 Å². The van der Waals surface area contributed by atoms with Gasteiger partial charge in [0, 0.05) is 18.5 Å². The molecule has 2 rings (SSSR count). The van der Waals surface area contributed by atoms with Crippen LogP contribution in [0.1, 0.15) is 44.9 Å². The van der Waals surface area contributed by atoms with Crippen LogP contribution in [0.25, 0.3) is 0 Å². The Kier molecular flexibility index (Phi) is 3.78. The number of rotatable bonds is 5. The van der Waals surface area contributed by atoms with E-state index in [0.29, 0.717) is 11.7 Å². The maximum Gasteiger partial charge on any atom is 0.145 e. The van der Waals surface area contributed by atoms with Gasteiger partial charge < -0.3 is 10.7 Å². The molecule has 0 aliphatic heterocycles. The molecule has 17 heavy (non-hydrogen) atoms. The summed E-state index contributed by atoms with van der Waals surface area (Å²) in [6, 6.07) is 1.85. The van der Waals surface area contributed by atoms with Crippen molar-refractivity contribution in [3.63, 3.8) is 0 Å². The minimum atomic E-state index is 0.299. The number of anilines is 2. The predicted molar refractivity (Wildman–Crippen MR) is 69.8 cm³/mol. The van der Waals surface area contributed by atoms with E-state index in [1.54, 1.807) is 0 Å². The first kappa shape index (κ1) is 12.1. The molecule has 1 aromatic rings. The summed E-state index contributed by atoms with van der Waals surface area (Å²) in [6.07, 6.45) is 4.03. The molecule has 1 fully saturated rings. The highest BCUT2D eigenvalue weighted by Gasteiger charge is 2.17. The van der Waals surface area contributed by atoms with Gasteiger partial charge in [0.05, 0.1) is 0 Å². The van der Waals surface area contributed by atoms with Gasteiger partial charge in [0.25, 0.3) is 0 Å². The summed E-state index contributed by atoms with van der Waals surface area (Å²) in [5.41, 5.74) is 2.59. The molecule has 1 heterocycles. The maximum atomic E-state index is 5.41. The average Bonchev–Trinajstić information content (AvgIpc) is 2.26. The maximum absolute atomic E-state index is 5.41. The molecule has 1 aromatic heterocycles. The Labute approximate surface area is 102 Å². The number of hydrazine groups is 1. The lowest BCUT2D eigenvalue weighted by atomic mass is 9.85. The molecule has 1 saturated carbocycles. The third-order valence-corrected chi connectivity index (χ3v) is 3.20. The van der Waals surface area contributed by atoms with E-state index >= 15 is 0 Å². The monoisotopic (exact) mass is 235 g/mol. The molecule has 0 bridgehead atoms. The van der Waals surface area contributed by atoms with Gasteiger partial charge in [-0.3, -0.25) is 0 Å². The molecule has 1 aliphatic rings. The van der Waals surface area contributed by atoms with Crippen LogP contribution in [0, 0.1) is 5.92 Å². The quantitative estimate of drug-likeness (QED) is 0.538. The highest BCUT2D eigenvalue weighted by Crippen LogP contribution is 2.26. The number of nitrogens with one attached hydrogen (secondary N) is 2. The first-order chi connectivity index (χ1) is 8.19. The molecule has 0 aromatic carbocycles. The van der Waals surface area contributed by atoms with E-state index in [4.69, 9.17) is 5.84 Å². The Morgan fingerprint density at radius 2 is 2.06 bits per heavy atom. The zero-order valence-corrected chi connectivity index (χ0v) is 10.5. The number of hydrogen-bond donors (Lipinski definition) is 3. The van der Waals surface area contributed by atoms with Crippen molar-refractivity contribution in [3.8, 4) is 0 Å². The van der Waals surface area contributed by atoms with E-state index < -0.39 is 0 Å². The number of aromatic nitrogens is 2. The molecule has 0 amide bonds. The summed E-state index contributed by atoms with van der Waals surface area (Å²) in [4.78, 5) is 8.82. The normalized spacial score (nSPS) is 15.8. The fourth-order valence-electron chi connectivity index (χ4n) is 1.83. The minimum absolute atomic E-state index is 0.299. The molecule has 0 saturated heterocycles. The lowest BCUT2D eigenvalue weighted by molar-refractivity contribution is 0.333. The van der Waals surface area contributed by atoms with Crippen LogP contribution in [0.15, 0.2) is 6.07 Å². The number of hydrogen-bond acceptors (Lipinski definition) is 5. The van der Waals surface area contributed by atoms with Crippen LogP contribution in [-0.4, -0.2) is 16.5 Å². The van der Waals surface area contributed by atoms with Crippen molar-refractivity contribution in [2.75, 3.05) is 17.3 Å². The third kappa shape index (κ3) is 3.06. The summed E-state index contributed by atoms with van der Waals surface area (Å²) < 4.78 is 0. The van der Waals surface area contributed by atoms with E-state index in [1.165, 1.54) is 19.3 Å². The summed E-state index contributed by atoms with van der Waals surface area (Å²) in [7, 11) is 0. The molecule has 0 spiro atoms. The second kappa shape index (κ2) is 5.31. The van der Waals surface area contributed by atoms with Crippen LogP contribution < -0.4 is 16.6 Å². The average molecular weight is 235 g/mol. The van der Waals surface area contributed by atoms with E-state index in [-0.39, 0.29) is 0 Å². The smallest absolute Gasteiger partial charge is 0.145 e. The molecule has 5 nitrogen and oxygen atoms in total. The third-order valence-electron chi connectivity index (χ3n) is 3.20. The Morgan fingerprint density at radius 3 is 2.59 bits per heavy atom. The minimum Gasteiger partial charge on any atom is -0.370 e. The van der Waals surface area contributed by atoms with Crippen molar-refractivity contribution in [1.29, 1.82) is 0 Å². The second-order valence-electron chi connectivity index (χ2n) is 4.97. The fraction of sp³-hybridized carbons (Fsp3) is 0.667. The van der Waals surface area contributed by atoms with Crippen molar-refractivity contribution < 1.29 is 0 Å². The van der Waals surface area contributed by atoms with Crippen LogP contribution in [0.5, 0.6) is 0 Å². The summed E-state index contributed by atoms with van der Waals surface area (Å²) in [6.45, 7) is 5.15. The van der Waals surface area contributed by atoms with Gasteiger partial charge in [-0.25, -0.2) is 15.8 Å². The fourth-order valence-corrected chi connectivity index (χ4v) is 1.83. The van der Waals surface area contributed by atoms with Crippen molar-refractivity contribution in [3.05, 3.63) is 11.9 Å². The number of nitrogens with two attached hydrogens (primary N) is 1. The van der Waals surface area contributed by atoms with E-state index in [2.05, 4.69) is 34.6 Å². The van der Waals surface area contributed by atoms with Crippen LogP contribution in [0.4, 0.5) is 11.6 Å². The van der Waals surface area contributed by atoms with Gasteiger partial charge >= 0.3 is 0 Å². The Hall–Kier alpha value is -1.36. The molecule has 4 N–H and O–H groups in total. The highest BCUT2D eigenvalue weighted by atomic mass is 15.3. The van der Waals surface area contributed by atoms with Crippen molar-refractivity contribution in [2.45, 2.75) is 39.0 Å². The topological polar surface area (TPSA) is 75.9 Å². The first-order valence-corrected chi connectivity index (χ1v) is 6.28. The largest absolute Gasteiger partial charge is 0.370 e. The molecule has 0 atom stereocenters. The van der Waals surface area contributed by atoms with Gasteiger partial charge in [-0.15, -0.1) is 0 Å². The van der Waals surface area contributed by atoms with E-state index in [1.807, 2.05) is 6.07 Å². The standard InChI is InChI=1S/C12H21N5/c1-8(2)12-15-10(6-11(16-12)17-13)14-7-9-4-3-5-9/h6,8-9H,3-5,7,13H2,1-2H3,(H2,14,15,16,17). The molecule has 0 unspecified atom stereocenters. The Morgan fingerprint density at radius 1 is 1.35 bits per heavy atom. The number of nitrogens with zero attached hydrogens (tertiary/aromatic N) is 2. The van der Waals surface area contributed by atoms with Gasteiger partial charge in [0.2, 0.25) is 0 Å². The van der Waals surface area contributed by atoms with Crippen molar-refractivity contribution in [1.82, 2.24) is 9.97 Å². The zero-order valence-electron chi connectivity index (χ0n) is 10.5. The van der Waals surface area contributed by atoms with Crippen LogP contribution in [-0.2, 0) is 0 Å². The van der Waals surface area contributed by atoms with E-state index in [0.717, 1.165) is 24.1 Å². The zero-order chi connectivity index (χ0) is 12.3. The van der Waals surface area contributed by atoms with Crippen LogP contribution in [0.3, 0.4) is 0 Å². The van der Waals surface area contributed by atoms with Gasteiger partial charge in [0.15, 0.2) is 0 Å². The SMILES string of the molecule is CC(C)c1nc(NN)cc(NCC2CCC2)n1. The van der Waals surface area contributed by atoms with Gasteiger partial charge in [-0.05, 0) is 18.8 Å². The molecular formula is C12H21N5. The Balaban J connectivity index is 2.05. The van der Waals surface area contributed by atoms with Gasteiger partial charge in [-0.2, -0.15) is 0 Å². The number of nitrogen functional groups attached to an aromatic ring is 1. The summed E-state index contributed by atoms with van der Waals surface area (Å²) in [5, 5.41) is 3.37. The lowest BCUT2D eigenvalue weighted by Gasteiger charge is -2.25. The lowest BCUT2D eigenvalue weighted by Crippen LogP contribution is -2.22. The van der Waals surface area contributed by atoms with Crippen molar-refractivity contribution in [2.24, 2.45) is 11.8 Å². The molecule has 94 valence electrons.